The van der Waals surface area contributed by atoms with Crippen LogP contribution in [0.15, 0.2) is 48.5 Å². The number of aryl methyl sites for hydroxylation is 1. The van der Waals surface area contributed by atoms with Gasteiger partial charge in [0.05, 0.1) is 11.9 Å². The fourth-order valence-corrected chi connectivity index (χ4v) is 3.51. The summed E-state index contributed by atoms with van der Waals surface area (Å²) < 4.78 is 65.5. The minimum atomic E-state index is -4.78. The maximum absolute atomic E-state index is 12.1. The molecule has 1 amide bonds. The summed E-state index contributed by atoms with van der Waals surface area (Å²) in [5, 5.41) is 2.55. The molecule has 0 aromatic heterocycles. The minimum Gasteiger partial charge on any atom is -0.406 e. The molecule has 0 aliphatic heterocycles. The number of ether oxygens (including phenoxy) is 1. The third-order valence-electron chi connectivity index (χ3n) is 3.86. The van der Waals surface area contributed by atoms with Crippen LogP contribution >= 0.6 is 0 Å². The molecule has 0 bridgehead atoms. The number of carbonyl (C=O) groups is 1. The van der Waals surface area contributed by atoms with E-state index < -0.39 is 22.1 Å². The maximum atomic E-state index is 12.1. The number of amides is 1. The zero-order valence-corrected chi connectivity index (χ0v) is 16.7. The Labute approximate surface area is 167 Å². The summed E-state index contributed by atoms with van der Waals surface area (Å²) >= 11 is 0. The maximum Gasteiger partial charge on any atom is 0.573 e. The van der Waals surface area contributed by atoms with Crippen molar-refractivity contribution in [2.75, 3.05) is 22.4 Å². The minimum absolute atomic E-state index is 0.0404. The SMILES string of the molecule is Cc1ccc(N(CCCC(=O)Nc2ccc(OC(F)(F)F)cc2)S(C)(=O)=O)cc1. The molecule has 0 radical (unpaired) electrons. The smallest absolute Gasteiger partial charge is 0.406 e. The molecule has 2 aromatic carbocycles. The predicted octanol–water partition coefficient (Wildman–Crippen LogP) is 4.08. The van der Waals surface area contributed by atoms with Crippen LogP contribution in [0.4, 0.5) is 24.5 Å². The van der Waals surface area contributed by atoms with Crippen molar-refractivity contribution in [3.63, 3.8) is 0 Å². The molecule has 2 aromatic rings. The number of nitrogens with zero attached hydrogens (tertiary/aromatic N) is 1. The highest BCUT2D eigenvalue weighted by atomic mass is 32.2. The molecule has 0 fully saturated rings. The van der Waals surface area contributed by atoms with Crippen LogP contribution < -0.4 is 14.4 Å². The molecule has 0 unspecified atom stereocenters. The molecule has 0 saturated heterocycles. The number of hydrogen-bond donors (Lipinski definition) is 1. The third kappa shape index (κ3) is 7.65. The molecular weight excluding hydrogens is 409 g/mol. The summed E-state index contributed by atoms with van der Waals surface area (Å²) in [4.78, 5) is 12.0. The van der Waals surface area contributed by atoms with Gasteiger partial charge in [-0.3, -0.25) is 9.10 Å². The zero-order valence-electron chi connectivity index (χ0n) is 15.9. The van der Waals surface area contributed by atoms with Crippen LogP contribution in [0.25, 0.3) is 0 Å². The van der Waals surface area contributed by atoms with Gasteiger partial charge in [0.1, 0.15) is 5.75 Å². The molecular formula is C19H21F3N2O4S. The van der Waals surface area contributed by atoms with Gasteiger partial charge in [0.25, 0.3) is 0 Å². The molecule has 0 saturated carbocycles. The molecule has 158 valence electrons. The van der Waals surface area contributed by atoms with Gasteiger partial charge in [-0.1, -0.05) is 17.7 Å². The van der Waals surface area contributed by atoms with Gasteiger partial charge in [0.15, 0.2) is 0 Å². The van der Waals surface area contributed by atoms with Crippen molar-refractivity contribution in [3.05, 3.63) is 54.1 Å². The molecule has 10 heteroatoms. The van der Waals surface area contributed by atoms with Crippen LogP contribution in [0, 0.1) is 6.92 Å². The lowest BCUT2D eigenvalue weighted by Crippen LogP contribution is -2.31. The standard InChI is InChI=1S/C19H21F3N2O4S/c1-14-5-9-16(10-6-14)24(29(2,26)27)13-3-4-18(25)23-15-7-11-17(12-8-15)28-19(20,21)22/h5-12H,3-4,13H2,1-2H3,(H,23,25). The van der Waals surface area contributed by atoms with Crippen molar-refractivity contribution in [1.29, 1.82) is 0 Å². The van der Waals surface area contributed by atoms with Gasteiger partial charge in [-0.25, -0.2) is 8.42 Å². The highest BCUT2D eigenvalue weighted by Gasteiger charge is 2.31. The number of nitrogens with one attached hydrogen (secondary N) is 1. The first-order valence-corrected chi connectivity index (χ1v) is 10.5. The second-order valence-corrected chi connectivity index (χ2v) is 8.30. The Balaban J connectivity index is 1.90. The summed E-state index contributed by atoms with van der Waals surface area (Å²) in [5.74, 6) is -0.774. The van der Waals surface area contributed by atoms with Crippen molar-refractivity contribution in [2.45, 2.75) is 26.1 Å². The average Bonchev–Trinajstić information content (AvgIpc) is 2.59. The fraction of sp³-hybridized carbons (Fsp3) is 0.316. The first-order valence-electron chi connectivity index (χ1n) is 8.64. The number of rotatable bonds is 8. The highest BCUT2D eigenvalue weighted by Crippen LogP contribution is 2.24. The Hall–Kier alpha value is -2.75. The molecule has 0 aliphatic carbocycles. The van der Waals surface area contributed by atoms with Crippen LogP contribution in [-0.4, -0.2) is 33.5 Å². The third-order valence-corrected chi connectivity index (χ3v) is 5.05. The molecule has 0 heterocycles. The molecule has 2 rings (SSSR count). The van der Waals surface area contributed by atoms with Crippen molar-refractivity contribution >= 4 is 27.3 Å². The summed E-state index contributed by atoms with van der Waals surface area (Å²) in [6, 6.07) is 11.7. The first kappa shape index (κ1) is 22.5. The zero-order chi connectivity index (χ0) is 21.7. The van der Waals surface area contributed by atoms with Crippen molar-refractivity contribution in [2.24, 2.45) is 0 Å². The fourth-order valence-electron chi connectivity index (χ4n) is 2.54. The Bertz CT molecular complexity index is 927. The molecule has 29 heavy (non-hydrogen) atoms. The number of halogens is 3. The Morgan fingerprint density at radius 3 is 2.17 bits per heavy atom. The highest BCUT2D eigenvalue weighted by molar-refractivity contribution is 7.92. The lowest BCUT2D eigenvalue weighted by Gasteiger charge is -2.22. The van der Waals surface area contributed by atoms with E-state index in [1.54, 1.807) is 24.3 Å². The molecule has 1 N–H and O–H groups in total. The van der Waals surface area contributed by atoms with E-state index >= 15 is 0 Å². The number of carbonyl (C=O) groups excluding carboxylic acids is 1. The van der Waals surface area contributed by atoms with E-state index in [0.717, 1.165) is 24.0 Å². The van der Waals surface area contributed by atoms with Crippen molar-refractivity contribution < 1.29 is 31.1 Å². The average molecular weight is 430 g/mol. The lowest BCUT2D eigenvalue weighted by atomic mass is 10.2. The van der Waals surface area contributed by atoms with Gasteiger partial charge in [0.2, 0.25) is 15.9 Å². The predicted molar refractivity (Wildman–Crippen MR) is 104 cm³/mol. The van der Waals surface area contributed by atoms with E-state index in [9.17, 15) is 26.4 Å². The van der Waals surface area contributed by atoms with Crippen LogP contribution in [0.3, 0.4) is 0 Å². The van der Waals surface area contributed by atoms with Gasteiger partial charge >= 0.3 is 6.36 Å². The van der Waals surface area contributed by atoms with Crippen LogP contribution in [0.5, 0.6) is 5.75 Å². The molecule has 0 aliphatic rings. The molecule has 0 spiro atoms. The van der Waals surface area contributed by atoms with E-state index in [-0.39, 0.29) is 25.3 Å². The van der Waals surface area contributed by atoms with Gasteiger partial charge < -0.3 is 10.1 Å². The topological polar surface area (TPSA) is 75.7 Å². The van der Waals surface area contributed by atoms with Crippen LogP contribution in [0.1, 0.15) is 18.4 Å². The molecule has 6 nitrogen and oxygen atoms in total. The number of benzene rings is 2. The van der Waals surface area contributed by atoms with Crippen LogP contribution in [-0.2, 0) is 14.8 Å². The monoisotopic (exact) mass is 430 g/mol. The van der Waals surface area contributed by atoms with Crippen LogP contribution in [0.2, 0.25) is 0 Å². The Morgan fingerprint density at radius 2 is 1.66 bits per heavy atom. The number of anilines is 2. The van der Waals surface area contributed by atoms with Gasteiger partial charge in [0, 0.05) is 18.7 Å². The van der Waals surface area contributed by atoms with Gasteiger partial charge in [-0.15, -0.1) is 13.2 Å². The summed E-state index contributed by atoms with van der Waals surface area (Å²) in [6.45, 7) is 2.01. The largest absolute Gasteiger partial charge is 0.573 e. The lowest BCUT2D eigenvalue weighted by molar-refractivity contribution is -0.274. The number of hydrogen-bond acceptors (Lipinski definition) is 4. The van der Waals surface area contributed by atoms with Gasteiger partial charge in [-0.2, -0.15) is 0 Å². The van der Waals surface area contributed by atoms with E-state index in [1.807, 2.05) is 6.92 Å². The number of alkyl halides is 3. The normalized spacial score (nSPS) is 11.8. The van der Waals surface area contributed by atoms with E-state index in [4.69, 9.17) is 0 Å². The summed E-state index contributed by atoms with van der Waals surface area (Å²) in [5.41, 5.74) is 1.81. The van der Waals surface area contributed by atoms with E-state index in [1.165, 1.54) is 16.4 Å². The first-order chi connectivity index (χ1) is 13.4. The number of sulfonamides is 1. The summed E-state index contributed by atoms with van der Waals surface area (Å²) in [7, 11) is -3.51. The Kier molecular flexibility index (Phi) is 7.12. The summed E-state index contributed by atoms with van der Waals surface area (Å²) in [6.07, 6.45) is -3.38. The quantitative estimate of drug-likeness (QED) is 0.685. The van der Waals surface area contributed by atoms with Gasteiger partial charge in [-0.05, 0) is 49.7 Å². The second kappa shape index (κ2) is 9.17. The second-order valence-electron chi connectivity index (χ2n) is 6.39. The van der Waals surface area contributed by atoms with Crippen molar-refractivity contribution in [1.82, 2.24) is 0 Å². The van der Waals surface area contributed by atoms with E-state index in [2.05, 4.69) is 10.1 Å². The van der Waals surface area contributed by atoms with Crippen molar-refractivity contribution in [3.8, 4) is 5.75 Å². The van der Waals surface area contributed by atoms with E-state index in [0.29, 0.717) is 11.4 Å². The Morgan fingerprint density at radius 1 is 1.07 bits per heavy atom. The molecule has 0 atom stereocenters.